The number of fused-ring (bicyclic) bond motifs is 5. The van der Waals surface area contributed by atoms with E-state index < -0.39 is 0 Å². The Morgan fingerprint density at radius 3 is 2.55 bits per heavy atom. The molecule has 0 amide bonds. The highest BCUT2D eigenvalue weighted by molar-refractivity contribution is 5.69. The van der Waals surface area contributed by atoms with Crippen molar-refractivity contribution >= 4 is 12.0 Å². The number of aliphatic hydroxyl groups is 2. The third-order valence-electron chi connectivity index (χ3n) is 11.9. The van der Waals surface area contributed by atoms with E-state index in [1.54, 1.807) is 0 Å². The van der Waals surface area contributed by atoms with Crippen LogP contribution in [-0.2, 0) is 9.53 Å². The van der Waals surface area contributed by atoms with Crippen LogP contribution in [-0.4, -0.2) is 35.0 Å². The van der Waals surface area contributed by atoms with Gasteiger partial charge < -0.3 is 14.9 Å². The van der Waals surface area contributed by atoms with Crippen LogP contribution in [0.25, 0.3) is 6.08 Å². The van der Waals surface area contributed by atoms with E-state index in [2.05, 4.69) is 20.8 Å². The van der Waals surface area contributed by atoms with Crippen molar-refractivity contribution in [3.8, 4) is 0 Å². The zero-order valence-electron chi connectivity index (χ0n) is 23.9. The number of ether oxygens (including phenoxy) is 1. The molecule has 4 aliphatic carbocycles. The highest BCUT2D eigenvalue weighted by atomic mass is 16.5. The van der Waals surface area contributed by atoms with Crippen molar-refractivity contribution in [2.45, 2.75) is 104 Å². The second kappa shape index (κ2) is 11.5. The van der Waals surface area contributed by atoms with Crippen LogP contribution >= 0.6 is 0 Å². The SMILES string of the molecule is C[C@H](CCCC(=O)OC/C=C/c1ccccc1)[C@H]1CCC2C3C(CC[C@@]21C)[C@@]1(C)CC[C@@H](O)CC1C[C@H]3O. The molecule has 5 rings (SSSR count). The van der Waals surface area contributed by atoms with Crippen LogP contribution in [0.5, 0.6) is 0 Å². The number of rotatable bonds is 8. The molecule has 10 atom stereocenters. The molecule has 210 valence electrons. The Morgan fingerprint density at radius 1 is 1.03 bits per heavy atom. The summed E-state index contributed by atoms with van der Waals surface area (Å²) in [6.45, 7) is 7.74. The Hall–Kier alpha value is -1.65. The van der Waals surface area contributed by atoms with Crippen molar-refractivity contribution in [1.29, 1.82) is 0 Å². The van der Waals surface area contributed by atoms with E-state index in [1.165, 1.54) is 25.7 Å². The Kier molecular flexibility index (Phi) is 8.41. The molecule has 0 bridgehead atoms. The maximum Gasteiger partial charge on any atom is 0.306 e. The fourth-order valence-corrected chi connectivity index (χ4v) is 9.91. The summed E-state index contributed by atoms with van der Waals surface area (Å²) in [7, 11) is 0. The second-order valence-corrected chi connectivity index (χ2v) is 13.8. The summed E-state index contributed by atoms with van der Waals surface area (Å²) in [6, 6.07) is 10.1. The highest BCUT2D eigenvalue weighted by Crippen LogP contribution is 2.68. The lowest BCUT2D eigenvalue weighted by atomic mass is 9.43. The third kappa shape index (κ3) is 5.37. The van der Waals surface area contributed by atoms with E-state index in [4.69, 9.17) is 4.74 Å². The van der Waals surface area contributed by atoms with E-state index >= 15 is 0 Å². The summed E-state index contributed by atoms with van der Waals surface area (Å²) in [6.07, 6.45) is 14.7. The third-order valence-corrected chi connectivity index (χ3v) is 11.9. The van der Waals surface area contributed by atoms with Crippen LogP contribution in [0.15, 0.2) is 36.4 Å². The summed E-state index contributed by atoms with van der Waals surface area (Å²) in [4.78, 5) is 12.3. The van der Waals surface area contributed by atoms with Crippen LogP contribution in [0.2, 0.25) is 0 Å². The van der Waals surface area contributed by atoms with Gasteiger partial charge in [-0.1, -0.05) is 57.2 Å². The first-order chi connectivity index (χ1) is 18.2. The van der Waals surface area contributed by atoms with Crippen LogP contribution in [0, 0.1) is 46.3 Å². The summed E-state index contributed by atoms with van der Waals surface area (Å²) in [5, 5.41) is 21.8. The zero-order chi connectivity index (χ0) is 26.9. The smallest absolute Gasteiger partial charge is 0.306 e. The van der Waals surface area contributed by atoms with Gasteiger partial charge >= 0.3 is 5.97 Å². The Balaban J connectivity index is 1.12. The molecular weight excluding hydrogens is 472 g/mol. The van der Waals surface area contributed by atoms with Crippen molar-refractivity contribution < 1.29 is 19.7 Å². The van der Waals surface area contributed by atoms with Gasteiger partial charge in [-0.05, 0) is 122 Å². The first-order valence-electron chi connectivity index (χ1n) is 15.5. The molecule has 4 aliphatic rings. The molecule has 38 heavy (non-hydrogen) atoms. The van der Waals surface area contributed by atoms with Crippen LogP contribution in [0.1, 0.15) is 97.0 Å². The number of carbonyl (C=O) groups is 1. The Labute approximate surface area is 230 Å². The lowest BCUT2D eigenvalue weighted by molar-refractivity contribution is -0.174. The Morgan fingerprint density at radius 2 is 1.76 bits per heavy atom. The molecule has 4 unspecified atom stereocenters. The molecule has 1 aromatic carbocycles. The van der Waals surface area contributed by atoms with Gasteiger partial charge in [0.1, 0.15) is 6.61 Å². The number of carbonyl (C=O) groups excluding carboxylic acids is 1. The van der Waals surface area contributed by atoms with Crippen molar-refractivity contribution in [3.05, 3.63) is 42.0 Å². The quantitative estimate of drug-likeness (QED) is 0.359. The van der Waals surface area contributed by atoms with Gasteiger partial charge in [-0.15, -0.1) is 0 Å². The van der Waals surface area contributed by atoms with Crippen molar-refractivity contribution in [3.63, 3.8) is 0 Å². The maximum absolute atomic E-state index is 12.3. The lowest BCUT2D eigenvalue weighted by Crippen LogP contribution is -2.58. The molecule has 4 nitrogen and oxygen atoms in total. The number of benzene rings is 1. The summed E-state index contributed by atoms with van der Waals surface area (Å²) in [5.41, 5.74) is 1.69. The van der Waals surface area contributed by atoms with E-state index in [-0.39, 0.29) is 23.6 Å². The normalized spacial score (nSPS) is 41.2. The molecule has 4 saturated carbocycles. The molecule has 0 aliphatic heterocycles. The monoisotopic (exact) mass is 522 g/mol. The predicted octanol–water partition coefficient (Wildman–Crippen LogP) is 7.04. The van der Waals surface area contributed by atoms with Gasteiger partial charge in [0.15, 0.2) is 0 Å². The van der Waals surface area contributed by atoms with E-state index in [9.17, 15) is 15.0 Å². The predicted molar refractivity (Wildman–Crippen MR) is 152 cm³/mol. The molecule has 0 saturated heterocycles. The topological polar surface area (TPSA) is 66.8 Å². The van der Waals surface area contributed by atoms with Gasteiger partial charge in [0.2, 0.25) is 0 Å². The summed E-state index contributed by atoms with van der Waals surface area (Å²) < 4.78 is 5.44. The molecule has 4 fully saturated rings. The second-order valence-electron chi connectivity index (χ2n) is 13.8. The molecule has 1 aromatic rings. The van der Waals surface area contributed by atoms with Gasteiger partial charge in [0.05, 0.1) is 12.2 Å². The first-order valence-corrected chi connectivity index (χ1v) is 15.5. The van der Waals surface area contributed by atoms with Gasteiger partial charge in [-0.3, -0.25) is 4.79 Å². The van der Waals surface area contributed by atoms with Gasteiger partial charge in [0.25, 0.3) is 0 Å². The largest absolute Gasteiger partial charge is 0.461 e. The fraction of sp³-hybridized carbons (Fsp3) is 0.735. The molecule has 0 aromatic heterocycles. The molecule has 0 heterocycles. The average molecular weight is 523 g/mol. The number of hydrogen-bond donors (Lipinski definition) is 2. The van der Waals surface area contributed by atoms with Gasteiger partial charge in [-0.25, -0.2) is 0 Å². The first kappa shape index (κ1) is 27.9. The van der Waals surface area contributed by atoms with Crippen LogP contribution in [0.4, 0.5) is 0 Å². The zero-order valence-corrected chi connectivity index (χ0v) is 23.9. The molecule has 0 radical (unpaired) electrons. The molecule has 4 heteroatoms. The number of esters is 1. The number of hydrogen-bond acceptors (Lipinski definition) is 4. The standard InChI is InChI=1S/C34H50O4/c1-23(9-7-13-31(37)38-20-8-12-24-10-5-4-6-11-24)27-14-15-28-32-29(17-19-34(27,28)3)33(2)18-16-26(35)21-25(33)22-30(32)36/h4-6,8,10-12,23,25-30,32,35-36H,7,9,13-22H2,1-3H3/b12-8+/t23-,25?,26-,27-,28?,29?,30-,32?,33+,34-/m1/s1. The maximum atomic E-state index is 12.3. The Bertz CT molecular complexity index is 974. The van der Waals surface area contributed by atoms with E-state index in [1.807, 2.05) is 42.5 Å². The summed E-state index contributed by atoms with van der Waals surface area (Å²) in [5.74, 6) is 3.25. The van der Waals surface area contributed by atoms with Crippen LogP contribution < -0.4 is 0 Å². The number of aliphatic hydroxyl groups excluding tert-OH is 2. The minimum Gasteiger partial charge on any atom is -0.461 e. The molecule has 2 N–H and O–H groups in total. The minimum atomic E-state index is -0.215. The molecule has 0 spiro atoms. The van der Waals surface area contributed by atoms with E-state index in [0.29, 0.717) is 54.0 Å². The minimum absolute atomic E-state index is 0.100. The highest BCUT2D eigenvalue weighted by Gasteiger charge is 2.62. The van der Waals surface area contributed by atoms with E-state index in [0.717, 1.165) is 44.1 Å². The van der Waals surface area contributed by atoms with Crippen molar-refractivity contribution in [2.24, 2.45) is 46.3 Å². The molecular formula is C34H50O4. The van der Waals surface area contributed by atoms with Gasteiger partial charge in [-0.2, -0.15) is 0 Å². The van der Waals surface area contributed by atoms with Crippen molar-refractivity contribution in [2.75, 3.05) is 6.61 Å². The lowest BCUT2D eigenvalue weighted by Gasteiger charge is -2.62. The van der Waals surface area contributed by atoms with Gasteiger partial charge in [0, 0.05) is 6.42 Å². The summed E-state index contributed by atoms with van der Waals surface area (Å²) >= 11 is 0. The average Bonchev–Trinajstić information content (AvgIpc) is 3.25. The fourth-order valence-electron chi connectivity index (χ4n) is 9.91. The van der Waals surface area contributed by atoms with Crippen molar-refractivity contribution in [1.82, 2.24) is 0 Å². The van der Waals surface area contributed by atoms with Crippen LogP contribution in [0.3, 0.4) is 0 Å².